The van der Waals surface area contributed by atoms with Crippen molar-refractivity contribution < 1.29 is 9.18 Å². The molecule has 2 aromatic carbocycles. The van der Waals surface area contributed by atoms with E-state index in [1.807, 2.05) is 50.1 Å². The third-order valence-electron chi connectivity index (χ3n) is 7.60. The summed E-state index contributed by atoms with van der Waals surface area (Å²) in [5.41, 5.74) is 3.63. The zero-order valence-electron chi connectivity index (χ0n) is 20.3. The second-order valence-corrected chi connectivity index (χ2v) is 9.37. The number of aromatic nitrogens is 2. The van der Waals surface area contributed by atoms with Crippen molar-refractivity contribution in [3.8, 4) is 11.1 Å². The molecule has 6 rings (SSSR count). The molecule has 1 aliphatic carbocycles. The molecule has 1 unspecified atom stereocenters. The third kappa shape index (κ3) is 3.47. The van der Waals surface area contributed by atoms with E-state index in [4.69, 9.17) is 0 Å². The van der Waals surface area contributed by atoms with Crippen LogP contribution in [0.5, 0.6) is 0 Å². The summed E-state index contributed by atoms with van der Waals surface area (Å²) in [6.45, 7) is 5.35. The van der Waals surface area contributed by atoms with Gasteiger partial charge in [0.1, 0.15) is 11.4 Å². The second-order valence-electron chi connectivity index (χ2n) is 9.37. The zero-order chi connectivity index (χ0) is 23.9. The van der Waals surface area contributed by atoms with Crippen LogP contribution >= 0.6 is 0 Å². The molecule has 3 aromatic rings. The first-order chi connectivity index (χ1) is 16.6. The lowest BCUT2D eigenvalue weighted by Crippen LogP contribution is -2.65. The first-order valence-corrected chi connectivity index (χ1v) is 12.5. The lowest BCUT2D eigenvalue weighted by Gasteiger charge is -2.52. The monoisotopic (exact) mass is 460 g/mol. The smallest absolute Gasteiger partial charge is 0.252 e. The molecule has 6 heteroatoms. The molecular formula is C28H33FN4O. The van der Waals surface area contributed by atoms with Crippen LogP contribution in [0.4, 0.5) is 10.1 Å². The maximum atomic E-state index is 15.0. The molecule has 3 aliphatic rings. The van der Waals surface area contributed by atoms with Gasteiger partial charge in [-0.25, -0.2) is 4.39 Å². The van der Waals surface area contributed by atoms with E-state index >= 15 is 0 Å². The molecule has 1 atom stereocenters. The number of halogens is 1. The number of amides is 1. The van der Waals surface area contributed by atoms with E-state index in [9.17, 15) is 9.18 Å². The van der Waals surface area contributed by atoms with Crippen LogP contribution in [-0.4, -0.2) is 33.2 Å². The van der Waals surface area contributed by atoms with Crippen molar-refractivity contribution in [3.05, 3.63) is 71.8 Å². The molecule has 1 spiro atoms. The molecule has 2 aliphatic heterocycles. The van der Waals surface area contributed by atoms with E-state index in [0.29, 0.717) is 18.2 Å². The minimum atomic E-state index is -0.528. The van der Waals surface area contributed by atoms with Crippen molar-refractivity contribution in [2.75, 3.05) is 11.4 Å². The number of fused-ring (bicyclic) bond motifs is 2. The van der Waals surface area contributed by atoms with Crippen LogP contribution in [0.25, 0.3) is 11.1 Å². The van der Waals surface area contributed by atoms with Gasteiger partial charge in [-0.15, -0.1) is 0 Å². The van der Waals surface area contributed by atoms with E-state index in [2.05, 4.69) is 16.1 Å². The molecule has 0 radical (unpaired) electrons. The largest absolute Gasteiger partial charge is 0.306 e. The summed E-state index contributed by atoms with van der Waals surface area (Å²) < 4.78 is 16.6. The number of carbonyl (C=O) groups is 1. The van der Waals surface area contributed by atoms with Crippen LogP contribution in [0.1, 0.15) is 57.1 Å². The first kappa shape index (κ1) is 22.8. The minimum absolute atomic E-state index is 0.147. The summed E-state index contributed by atoms with van der Waals surface area (Å²) in [7, 11) is 1.82. The molecule has 0 bridgehead atoms. The number of hydrogen-bond donors (Lipinski definition) is 0. The summed E-state index contributed by atoms with van der Waals surface area (Å²) in [4.78, 5) is 18.2. The van der Waals surface area contributed by atoms with E-state index in [0.717, 1.165) is 35.3 Å². The highest BCUT2D eigenvalue weighted by atomic mass is 19.1. The number of rotatable bonds is 4. The fourth-order valence-corrected chi connectivity index (χ4v) is 5.99. The Labute approximate surface area is 201 Å². The van der Waals surface area contributed by atoms with Gasteiger partial charge in [0, 0.05) is 48.2 Å². The van der Waals surface area contributed by atoms with Gasteiger partial charge in [-0.3, -0.25) is 14.4 Å². The fraction of sp³-hybridized carbons (Fsp3) is 0.429. The van der Waals surface area contributed by atoms with Crippen LogP contribution in [-0.2, 0) is 23.9 Å². The van der Waals surface area contributed by atoms with Gasteiger partial charge in [0.2, 0.25) is 0 Å². The van der Waals surface area contributed by atoms with E-state index in [1.165, 1.54) is 25.7 Å². The highest BCUT2D eigenvalue weighted by Gasteiger charge is 2.61. The van der Waals surface area contributed by atoms with Crippen molar-refractivity contribution >= 4 is 11.6 Å². The molecule has 1 saturated carbocycles. The van der Waals surface area contributed by atoms with Gasteiger partial charge in [0.25, 0.3) is 5.91 Å². The number of nitrogens with zero attached hydrogens (tertiary/aromatic N) is 4. The van der Waals surface area contributed by atoms with Crippen LogP contribution in [0.3, 0.4) is 0 Å². The van der Waals surface area contributed by atoms with Gasteiger partial charge in [0.15, 0.2) is 0 Å². The van der Waals surface area contributed by atoms with Gasteiger partial charge in [0.05, 0.1) is 12.7 Å². The summed E-state index contributed by atoms with van der Waals surface area (Å²) in [6, 6.07) is 13.9. The summed E-state index contributed by atoms with van der Waals surface area (Å²) in [5.74, 6) is -0.144. The average Bonchev–Trinajstić information content (AvgIpc) is 3.55. The number of likely N-dealkylation sites (tertiary alicyclic amines) is 1. The Bertz CT molecular complexity index is 1200. The first-order valence-electron chi connectivity index (χ1n) is 12.5. The summed E-state index contributed by atoms with van der Waals surface area (Å²) >= 11 is 0. The van der Waals surface area contributed by atoms with E-state index in [1.54, 1.807) is 29.2 Å². The van der Waals surface area contributed by atoms with Crippen molar-refractivity contribution in [1.82, 2.24) is 14.7 Å². The molecule has 1 aromatic heterocycles. The van der Waals surface area contributed by atoms with Crippen LogP contribution < -0.4 is 4.90 Å². The summed E-state index contributed by atoms with van der Waals surface area (Å²) in [6.07, 6.45) is 9.19. The molecule has 3 heterocycles. The Balaban J connectivity index is 0.00000117. The van der Waals surface area contributed by atoms with Crippen molar-refractivity contribution in [2.45, 2.75) is 64.1 Å². The van der Waals surface area contributed by atoms with Gasteiger partial charge < -0.3 is 4.90 Å². The molecule has 0 N–H and O–H groups in total. The molecular weight excluding hydrogens is 427 g/mol. The predicted octanol–water partition coefficient (Wildman–Crippen LogP) is 5.64. The Morgan fingerprint density at radius 2 is 1.88 bits per heavy atom. The number of carbonyl (C=O) groups excluding carboxylic acids is 1. The highest BCUT2D eigenvalue weighted by molar-refractivity contribution is 6.08. The zero-order valence-corrected chi connectivity index (χ0v) is 20.3. The molecule has 5 nitrogen and oxygen atoms in total. The maximum Gasteiger partial charge on any atom is 0.252 e. The number of benzene rings is 2. The Hall–Kier alpha value is -2.99. The second kappa shape index (κ2) is 8.99. The number of para-hydroxylation sites is 1. The predicted molar refractivity (Wildman–Crippen MR) is 133 cm³/mol. The molecule has 178 valence electrons. The van der Waals surface area contributed by atoms with E-state index in [-0.39, 0.29) is 11.7 Å². The maximum absolute atomic E-state index is 15.0. The highest BCUT2D eigenvalue weighted by Crippen LogP contribution is 2.53. The lowest BCUT2D eigenvalue weighted by molar-refractivity contribution is -0.143. The Morgan fingerprint density at radius 3 is 2.53 bits per heavy atom. The van der Waals surface area contributed by atoms with Gasteiger partial charge in [-0.1, -0.05) is 57.0 Å². The molecule has 2 fully saturated rings. The van der Waals surface area contributed by atoms with Crippen LogP contribution in [0.15, 0.2) is 54.9 Å². The number of anilines is 1. The quantitative estimate of drug-likeness (QED) is 0.506. The molecule has 34 heavy (non-hydrogen) atoms. The van der Waals surface area contributed by atoms with E-state index < -0.39 is 5.54 Å². The fourth-order valence-electron chi connectivity index (χ4n) is 5.99. The average molecular weight is 461 g/mol. The lowest BCUT2D eigenvalue weighted by atomic mass is 9.77. The van der Waals surface area contributed by atoms with Crippen molar-refractivity contribution in [3.63, 3.8) is 0 Å². The number of aryl methyl sites for hydroxylation is 1. The van der Waals surface area contributed by atoms with Crippen molar-refractivity contribution in [2.24, 2.45) is 7.05 Å². The Morgan fingerprint density at radius 1 is 1.12 bits per heavy atom. The third-order valence-corrected chi connectivity index (χ3v) is 7.60. The topological polar surface area (TPSA) is 41.4 Å². The normalized spacial score (nSPS) is 22.0. The number of hydrogen-bond acceptors (Lipinski definition) is 3. The SMILES string of the molecule is CC.Cn1cc(-c2ccc(CN3C(=O)C4(CCN4C4CCCC4)c4ccccc43)cc2F)cn1. The Kier molecular flexibility index (Phi) is 6.02. The summed E-state index contributed by atoms with van der Waals surface area (Å²) in [5, 5.41) is 4.14. The van der Waals surface area contributed by atoms with Crippen LogP contribution in [0, 0.1) is 5.82 Å². The van der Waals surface area contributed by atoms with Gasteiger partial charge >= 0.3 is 0 Å². The van der Waals surface area contributed by atoms with Gasteiger partial charge in [-0.2, -0.15) is 5.10 Å². The molecule has 1 amide bonds. The standard InChI is InChI=1S/C26H27FN4O.C2H6/c1-29-17-19(15-28-29)21-11-10-18(14-23(21)27)16-30-24-9-5-4-8-22(24)26(25(30)32)12-13-31(26)20-6-2-3-7-20;1-2/h4-5,8-11,14-15,17,20H,2-3,6-7,12-13,16H2,1H3;1-2H3. The minimum Gasteiger partial charge on any atom is -0.306 e. The van der Waals surface area contributed by atoms with Crippen molar-refractivity contribution in [1.29, 1.82) is 0 Å². The van der Waals surface area contributed by atoms with Gasteiger partial charge in [-0.05, 0) is 37.0 Å². The van der Waals surface area contributed by atoms with Crippen LogP contribution in [0.2, 0.25) is 0 Å². The molecule has 1 saturated heterocycles.